The summed E-state index contributed by atoms with van der Waals surface area (Å²) in [5, 5.41) is 0. The maximum Gasteiger partial charge on any atom is 0.230 e. The van der Waals surface area contributed by atoms with Gasteiger partial charge in [-0.1, -0.05) is 18.2 Å². The Morgan fingerprint density at radius 3 is 2.89 bits per heavy atom. The standard InChI is InChI=1S/C14H15NO3/c16-11-5-6-15(14(17)8-11)9-12-7-10-3-1-2-4-13(10)18-12/h1-4,12H,5-9H2. The molecule has 4 heteroatoms. The third-order valence-corrected chi connectivity index (χ3v) is 3.50. The Labute approximate surface area is 106 Å². The second kappa shape index (κ2) is 4.44. The Kier molecular flexibility index (Phi) is 2.78. The second-order valence-electron chi connectivity index (χ2n) is 4.86. The molecule has 1 aromatic carbocycles. The van der Waals surface area contributed by atoms with Crippen molar-refractivity contribution < 1.29 is 14.3 Å². The van der Waals surface area contributed by atoms with Gasteiger partial charge in [0, 0.05) is 19.4 Å². The fourth-order valence-corrected chi connectivity index (χ4v) is 2.55. The largest absolute Gasteiger partial charge is 0.488 e. The molecule has 94 valence electrons. The number of hydrogen-bond acceptors (Lipinski definition) is 3. The Hall–Kier alpha value is -1.84. The topological polar surface area (TPSA) is 46.6 Å². The average Bonchev–Trinajstić information content (AvgIpc) is 2.75. The van der Waals surface area contributed by atoms with Crippen molar-refractivity contribution in [3.8, 4) is 5.75 Å². The lowest BCUT2D eigenvalue weighted by Crippen LogP contribution is -2.44. The molecule has 0 bridgehead atoms. The molecule has 2 heterocycles. The molecule has 0 saturated carbocycles. The molecule has 0 N–H and O–H groups in total. The van der Waals surface area contributed by atoms with E-state index in [-0.39, 0.29) is 24.2 Å². The molecule has 1 atom stereocenters. The summed E-state index contributed by atoms with van der Waals surface area (Å²) in [5.74, 6) is 0.903. The van der Waals surface area contributed by atoms with Gasteiger partial charge >= 0.3 is 0 Å². The zero-order chi connectivity index (χ0) is 12.5. The number of ether oxygens (including phenoxy) is 1. The van der Waals surface area contributed by atoms with Crippen LogP contribution >= 0.6 is 0 Å². The number of rotatable bonds is 2. The number of ketones is 1. The van der Waals surface area contributed by atoms with E-state index >= 15 is 0 Å². The minimum absolute atomic E-state index is 0.0274. The van der Waals surface area contributed by atoms with Gasteiger partial charge in [-0.3, -0.25) is 9.59 Å². The number of amides is 1. The molecule has 1 unspecified atom stereocenters. The van der Waals surface area contributed by atoms with E-state index in [0.29, 0.717) is 19.5 Å². The van der Waals surface area contributed by atoms with Crippen molar-refractivity contribution in [1.29, 1.82) is 0 Å². The molecule has 2 aliphatic rings. The lowest BCUT2D eigenvalue weighted by atomic mass is 10.1. The van der Waals surface area contributed by atoms with Gasteiger partial charge in [-0.2, -0.15) is 0 Å². The van der Waals surface area contributed by atoms with E-state index in [1.165, 1.54) is 5.56 Å². The zero-order valence-corrected chi connectivity index (χ0v) is 10.1. The number of piperidine rings is 1. The Morgan fingerprint density at radius 1 is 1.28 bits per heavy atom. The lowest BCUT2D eigenvalue weighted by molar-refractivity contribution is -0.140. The number of carbonyl (C=O) groups excluding carboxylic acids is 2. The van der Waals surface area contributed by atoms with Gasteiger partial charge < -0.3 is 9.64 Å². The normalized spacial score (nSPS) is 22.9. The molecule has 0 radical (unpaired) electrons. The first-order valence-corrected chi connectivity index (χ1v) is 6.26. The molecule has 0 spiro atoms. The summed E-state index contributed by atoms with van der Waals surface area (Å²) in [7, 11) is 0. The second-order valence-corrected chi connectivity index (χ2v) is 4.86. The Morgan fingerprint density at radius 2 is 2.11 bits per heavy atom. The Balaban J connectivity index is 1.63. The van der Waals surface area contributed by atoms with Crippen LogP contribution in [0.3, 0.4) is 0 Å². The van der Waals surface area contributed by atoms with Crippen LogP contribution in [0.15, 0.2) is 24.3 Å². The van der Waals surface area contributed by atoms with Crippen molar-refractivity contribution >= 4 is 11.7 Å². The highest BCUT2D eigenvalue weighted by Crippen LogP contribution is 2.28. The smallest absolute Gasteiger partial charge is 0.230 e. The van der Waals surface area contributed by atoms with Crippen molar-refractivity contribution in [2.24, 2.45) is 0 Å². The number of para-hydroxylation sites is 1. The van der Waals surface area contributed by atoms with Crippen molar-refractivity contribution in [1.82, 2.24) is 4.90 Å². The molecule has 18 heavy (non-hydrogen) atoms. The predicted octanol–water partition coefficient (Wildman–Crippen LogP) is 1.18. The number of fused-ring (bicyclic) bond motifs is 1. The highest BCUT2D eigenvalue weighted by Gasteiger charge is 2.29. The van der Waals surface area contributed by atoms with Crippen molar-refractivity contribution in [3.63, 3.8) is 0 Å². The number of Topliss-reactive ketones (excluding diaryl/α,β-unsaturated/α-hetero) is 1. The molecule has 0 aliphatic carbocycles. The summed E-state index contributed by atoms with van der Waals surface area (Å²) in [6.45, 7) is 1.12. The van der Waals surface area contributed by atoms with Gasteiger partial charge in [-0.05, 0) is 11.6 Å². The third-order valence-electron chi connectivity index (χ3n) is 3.50. The van der Waals surface area contributed by atoms with E-state index < -0.39 is 0 Å². The van der Waals surface area contributed by atoms with E-state index in [9.17, 15) is 9.59 Å². The molecule has 1 saturated heterocycles. The summed E-state index contributed by atoms with van der Waals surface area (Å²) >= 11 is 0. The highest BCUT2D eigenvalue weighted by atomic mass is 16.5. The first-order chi connectivity index (χ1) is 8.72. The molecule has 1 fully saturated rings. The van der Waals surface area contributed by atoms with E-state index in [1.807, 2.05) is 18.2 Å². The number of likely N-dealkylation sites (tertiary alicyclic amines) is 1. The van der Waals surface area contributed by atoms with Gasteiger partial charge in [0.1, 0.15) is 17.6 Å². The van der Waals surface area contributed by atoms with Gasteiger partial charge in [-0.15, -0.1) is 0 Å². The zero-order valence-electron chi connectivity index (χ0n) is 10.1. The molecule has 2 aliphatic heterocycles. The quantitative estimate of drug-likeness (QED) is 0.735. The third kappa shape index (κ3) is 2.10. The highest BCUT2D eigenvalue weighted by molar-refractivity contribution is 6.00. The van der Waals surface area contributed by atoms with Crippen LogP contribution in [0.1, 0.15) is 18.4 Å². The summed E-state index contributed by atoms with van der Waals surface area (Å²) < 4.78 is 5.81. The Bertz CT molecular complexity index is 473. The van der Waals surface area contributed by atoms with E-state index in [0.717, 1.165) is 12.2 Å². The van der Waals surface area contributed by atoms with Crippen LogP contribution in [0.2, 0.25) is 0 Å². The van der Waals surface area contributed by atoms with E-state index in [2.05, 4.69) is 6.07 Å². The monoisotopic (exact) mass is 245 g/mol. The van der Waals surface area contributed by atoms with Crippen molar-refractivity contribution in [2.75, 3.05) is 13.1 Å². The van der Waals surface area contributed by atoms with Crippen LogP contribution < -0.4 is 4.74 Å². The average molecular weight is 245 g/mol. The fourth-order valence-electron chi connectivity index (χ4n) is 2.55. The fraction of sp³-hybridized carbons (Fsp3) is 0.429. The SMILES string of the molecule is O=C1CCN(CC2Cc3ccccc3O2)C(=O)C1. The summed E-state index contributed by atoms with van der Waals surface area (Å²) in [5.41, 5.74) is 1.20. The van der Waals surface area contributed by atoms with Crippen LogP contribution in [0.25, 0.3) is 0 Å². The number of hydrogen-bond donors (Lipinski definition) is 0. The lowest BCUT2D eigenvalue weighted by Gasteiger charge is -2.28. The van der Waals surface area contributed by atoms with Gasteiger partial charge in [0.2, 0.25) is 5.91 Å². The predicted molar refractivity (Wildman–Crippen MR) is 65.4 cm³/mol. The number of carbonyl (C=O) groups is 2. The first kappa shape index (κ1) is 11.3. The maximum absolute atomic E-state index is 11.7. The molecule has 3 rings (SSSR count). The van der Waals surface area contributed by atoms with Crippen molar-refractivity contribution in [3.05, 3.63) is 29.8 Å². The summed E-state index contributed by atoms with van der Waals surface area (Å²) in [4.78, 5) is 24.6. The van der Waals surface area contributed by atoms with E-state index in [4.69, 9.17) is 4.74 Å². The first-order valence-electron chi connectivity index (χ1n) is 6.26. The van der Waals surface area contributed by atoms with Crippen LogP contribution in [0.4, 0.5) is 0 Å². The molecule has 1 aromatic rings. The van der Waals surface area contributed by atoms with Crippen molar-refractivity contribution in [2.45, 2.75) is 25.4 Å². The van der Waals surface area contributed by atoms with Crippen LogP contribution in [0, 0.1) is 0 Å². The van der Waals surface area contributed by atoms with E-state index in [1.54, 1.807) is 4.90 Å². The van der Waals surface area contributed by atoms with Crippen LogP contribution in [-0.2, 0) is 16.0 Å². The number of benzene rings is 1. The van der Waals surface area contributed by atoms with Gasteiger partial charge in [-0.25, -0.2) is 0 Å². The van der Waals surface area contributed by atoms with Gasteiger partial charge in [0.25, 0.3) is 0 Å². The molecule has 0 aromatic heterocycles. The minimum atomic E-state index is -0.0641. The minimum Gasteiger partial charge on any atom is -0.488 e. The molecular weight excluding hydrogens is 230 g/mol. The van der Waals surface area contributed by atoms with Crippen LogP contribution in [-0.4, -0.2) is 35.8 Å². The maximum atomic E-state index is 11.7. The van der Waals surface area contributed by atoms with Gasteiger partial charge in [0.15, 0.2) is 0 Å². The molecule has 4 nitrogen and oxygen atoms in total. The molecular formula is C14H15NO3. The van der Waals surface area contributed by atoms with Gasteiger partial charge in [0.05, 0.1) is 13.0 Å². The van der Waals surface area contributed by atoms with Crippen LogP contribution in [0.5, 0.6) is 5.75 Å². The summed E-state index contributed by atoms with van der Waals surface area (Å²) in [6.07, 6.45) is 1.40. The summed E-state index contributed by atoms with van der Waals surface area (Å²) in [6, 6.07) is 7.95. The number of nitrogens with zero attached hydrogens (tertiary/aromatic N) is 1. The molecule has 1 amide bonds.